The van der Waals surface area contributed by atoms with Gasteiger partial charge >= 0.3 is 0 Å². The molecule has 0 spiro atoms. The predicted octanol–water partition coefficient (Wildman–Crippen LogP) is 2.20. The molecule has 4 rings (SSSR count). The summed E-state index contributed by atoms with van der Waals surface area (Å²) in [6.45, 7) is 4.54. The number of ether oxygens (including phenoxy) is 1. The summed E-state index contributed by atoms with van der Waals surface area (Å²) in [5.74, 6) is -1.01. The maximum absolute atomic E-state index is 12.8. The van der Waals surface area contributed by atoms with Gasteiger partial charge in [0, 0.05) is 36.8 Å². The van der Waals surface area contributed by atoms with Crippen molar-refractivity contribution in [2.24, 2.45) is 0 Å². The number of carbonyl (C=O) groups excluding carboxylic acids is 3. The van der Waals surface area contributed by atoms with Crippen molar-refractivity contribution in [3.63, 3.8) is 0 Å². The van der Waals surface area contributed by atoms with Gasteiger partial charge in [0.2, 0.25) is 0 Å². The predicted molar refractivity (Wildman–Crippen MR) is 112 cm³/mol. The Hall–Kier alpha value is -2.74. The second-order valence-corrected chi connectivity index (χ2v) is 7.73. The maximum atomic E-state index is 12.8. The van der Waals surface area contributed by atoms with Gasteiger partial charge in [-0.05, 0) is 35.9 Å². The monoisotopic (exact) mass is 427 g/mol. The maximum Gasteiger partial charge on any atom is 0.261 e. The summed E-state index contributed by atoms with van der Waals surface area (Å²) in [5.41, 5.74) is 1.74. The Morgan fingerprint density at radius 2 is 1.70 bits per heavy atom. The molecule has 0 aliphatic carbocycles. The number of rotatable bonds is 6. The van der Waals surface area contributed by atoms with Crippen molar-refractivity contribution in [1.82, 2.24) is 15.1 Å². The van der Waals surface area contributed by atoms with Crippen molar-refractivity contribution in [2.45, 2.75) is 6.54 Å². The lowest BCUT2D eigenvalue weighted by molar-refractivity contribution is 0.0383. The fourth-order valence-electron chi connectivity index (χ4n) is 3.60. The van der Waals surface area contributed by atoms with Gasteiger partial charge in [-0.25, -0.2) is 0 Å². The Morgan fingerprint density at radius 3 is 2.43 bits per heavy atom. The van der Waals surface area contributed by atoms with Crippen LogP contribution in [-0.4, -0.2) is 66.9 Å². The fraction of sp³-hybridized carbons (Fsp3) is 0.318. The molecule has 30 heavy (non-hydrogen) atoms. The number of hydrogen-bond donors (Lipinski definition) is 1. The van der Waals surface area contributed by atoms with Crippen LogP contribution in [0.25, 0.3) is 0 Å². The van der Waals surface area contributed by atoms with E-state index in [2.05, 4.69) is 10.2 Å². The average Bonchev–Trinajstić information content (AvgIpc) is 3.00. The first-order valence-electron chi connectivity index (χ1n) is 9.86. The Balaban J connectivity index is 1.40. The van der Waals surface area contributed by atoms with Gasteiger partial charge in [0.25, 0.3) is 17.7 Å². The topological polar surface area (TPSA) is 79.0 Å². The number of benzene rings is 2. The van der Waals surface area contributed by atoms with Gasteiger partial charge in [0.15, 0.2) is 0 Å². The molecule has 0 radical (unpaired) electrons. The highest BCUT2D eigenvalue weighted by Crippen LogP contribution is 2.26. The molecule has 1 saturated heterocycles. The second kappa shape index (κ2) is 8.95. The van der Waals surface area contributed by atoms with Crippen LogP contribution < -0.4 is 5.32 Å². The Kier molecular flexibility index (Phi) is 6.13. The molecule has 8 heteroatoms. The quantitative estimate of drug-likeness (QED) is 0.715. The molecule has 0 atom stereocenters. The summed E-state index contributed by atoms with van der Waals surface area (Å²) in [7, 11) is 0. The summed E-state index contributed by atoms with van der Waals surface area (Å²) in [5, 5.41) is 3.46. The van der Waals surface area contributed by atoms with Crippen LogP contribution in [0.4, 0.5) is 0 Å². The summed E-state index contributed by atoms with van der Waals surface area (Å²) >= 11 is 5.89. The van der Waals surface area contributed by atoms with Crippen molar-refractivity contribution in [3.05, 3.63) is 69.7 Å². The highest BCUT2D eigenvalue weighted by molar-refractivity contribution is 6.30. The van der Waals surface area contributed by atoms with E-state index in [0.717, 1.165) is 25.2 Å². The fourth-order valence-corrected chi connectivity index (χ4v) is 3.73. The first-order valence-corrected chi connectivity index (χ1v) is 10.2. The molecule has 2 aromatic rings. The first kappa shape index (κ1) is 20.5. The SMILES string of the molecule is O=C(NCCN1CCOCC1)c1ccc2c(c1)C(=O)N(Cc1ccc(Cl)cc1)C2=O. The van der Waals surface area contributed by atoms with Crippen LogP contribution in [0.1, 0.15) is 36.6 Å². The molecule has 2 heterocycles. The van der Waals surface area contributed by atoms with Gasteiger partial charge in [-0.15, -0.1) is 0 Å². The van der Waals surface area contributed by atoms with E-state index in [1.807, 2.05) is 0 Å². The Labute approximate surface area is 179 Å². The van der Waals surface area contributed by atoms with E-state index >= 15 is 0 Å². The smallest absolute Gasteiger partial charge is 0.261 e. The van der Waals surface area contributed by atoms with Gasteiger partial charge in [0.05, 0.1) is 30.9 Å². The van der Waals surface area contributed by atoms with Gasteiger partial charge in [-0.1, -0.05) is 23.7 Å². The number of imide groups is 1. The van der Waals surface area contributed by atoms with Crippen LogP contribution in [-0.2, 0) is 11.3 Å². The molecular weight excluding hydrogens is 406 g/mol. The summed E-state index contributed by atoms with van der Waals surface area (Å²) in [6.07, 6.45) is 0. The minimum Gasteiger partial charge on any atom is -0.379 e. The van der Waals surface area contributed by atoms with Crippen molar-refractivity contribution in [1.29, 1.82) is 0 Å². The highest BCUT2D eigenvalue weighted by atomic mass is 35.5. The van der Waals surface area contributed by atoms with Crippen molar-refractivity contribution in [3.8, 4) is 0 Å². The van der Waals surface area contributed by atoms with Crippen LogP contribution in [0.2, 0.25) is 5.02 Å². The minimum atomic E-state index is -0.395. The number of amides is 3. The number of nitrogens with one attached hydrogen (secondary N) is 1. The van der Waals surface area contributed by atoms with Gasteiger partial charge in [-0.2, -0.15) is 0 Å². The lowest BCUT2D eigenvalue weighted by Crippen LogP contribution is -2.41. The first-order chi connectivity index (χ1) is 14.5. The Bertz CT molecular complexity index is 971. The molecule has 0 saturated carbocycles. The molecule has 2 aromatic carbocycles. The molecule has 0 bridgehead atoms. The second-order valence-electron chi connectivity index (χ2n) is 7.29. The zero-order valence-corrected chi connectivity index (χ0v) is 17.2. The third-order valence-electron chi connectivity index (χ3n) is 5.30. The van der Waals surface area contributed by atoms with Crippen LogP contribution in [0.15, 0.2) is 42.5 Å². The third kappa shape index (κ3) is 4.38. The number of nitrogens with zero attached hydrogens (tertiary/aromatic N) is 2. The average molecular weight is 428 g/mol. The third-order valence-corrected chi connectivity index (χ3v) is 5.56. The van der Waals surface area contributed by atoms with Crippen molar-refractivity contribution in [2.75, 3.05) is 39.4 Å². The number of carbonyl (C=O) groups is 3. The molecule has 1 N–H and O–H groups in total. The van der Waals surface area contributed by atoms with Crippen molar-refractivity contribution < 1.29 is 19.1 Å². The van der Waals surface area contributed by atoms with E-state index < -0.39 is 5.91 Å². The molecule has 0 unspecified atom stereocenters. The summed E-state index contributed by atoms with van der Waals surface area (Å²) in [4.78, 5) is 41.4. The largest absolute Gasteiger partial charge is 0.379 e. The van der Waals surface area contributed by atoms with E-state index in [1.54, 1.807) is 36.4 Å². The lowest BCUT2D eigenvalue weighted by Gasteiger charge is -2.26. The van der Waals surface area contributed by atoms with E-state index in [1.165, 1.54) is 11.0 Å². The number of hydrogen-bond acceptors (Lipinski definition) is 5. The summed E-state index contributed by atoms with van der Waals surface area (Å²) in [6, 6.07) is 11.6. The normalized spacial score (nSPS) is 16.6. The van der Waals surface area contributed by atoms with E-state index in [-0.39, 0.29) is 23.9 Å². The molecule has 2 aliphatic heterocycles. The zero-order valence-electron chi connectivity index (χ0n) is 16.4. The van der Waals surface area contributed by atoms with E-state index in [9.17, 15) is 14.4 Å². The van der Waals surface area contributed by atoms with Crippen molar-refractivity contribution >= 4 is 29.3 Å². The van der Waals surface area contributed by atoms with Crippen LogP contribution in [0.5, 0.6) is 0 Å². The van der Waals surface area contributed by atoms with Crippen LogP contribution in [0.3, 0.4) is 0 Å². The molecule has 156 valence electrons. The van der Waals surface area contributed by atoms with Gasteiger partial charge < -0.3 is 10.1 Å². The molecule has 3 amide bonds. The highest BCUT2D eigenvalue weighted by Gasteiger charge is 2.36. The molecule has 0 aromatic heterocycles. The summed E-state index contributed by atoms with van der Waals surface area (Å²) < 4.78 is 5.31. The zero-order chi connectivity index (χ0) is 21.1. The standard InChI is InChI=1S/C22H22ClN3O4/c23-17-4-1-15(2-5-17)14-26-21(28)18-6-3-16(13-19(18)22(26)29)20(27)24-7-8-25-9-11-30-12-10-25/h1-6,13H,7-12,14H2,(H,24,27). The molecule has 2 aliphatic rings. The molecular formula is C22H22ClN3O4. The van der Waals surface area contributed by atoms with E-state index in [4.69, 9.17) is 16.3 Å². The van der Waals surface area contributed by atoms with E-state index in [0.29, 0.717) is 35.9 Å². The van der Waals surface area contributed by atoms with Crippen LogP contribution >= 0.6 is 11.6 Å². The molecule has 7 nitrogen and oxygen atoms in total. The number of fused-ring (bicyclic) bond motifs is 1. The van der Waals surface area contributed by atoms with Gasteiger partial charge in [0.1, 0.15) is 0 Å². The van der Waals surface area contributed by atoms with Crippen LogP contribution in [0, 0.1) is 0 Å². The number of halogens is 1. The van der Waals surface area contributed by atoms with Gasteiger partial charge in [-0.3, -0.25) is 24.2 Å². The minimum absolute atomic E-state index is 0.157. The lowest BCUT2D eigenvalue weighted by atomic mass is 10.1. The Morgan fingerprint density at radius 1 is 1.00 bits per heavy atom. The molecule has 1 fully saturated rings. The number of morpholine rings is 1.